The lowest BCUT2D eigenvalue weighted by molar-refractivity contribution is -0.118. The molecule has 23 heavy (non-hydrogen) atoms. The Hall–Kier alpha value is -1.67. The predicted octanol–water partition coefficient (Wildman–Crippen LogP) is 2.77. The van der Waals surface area contributed by atoms with E-state index in [0.29, 0.717) is 15.9 Å². The number of carbonyl (C=O) groups is 1. The summed E-state index contributed by atoms with van der Waals surface area (Å²) >= 11 is 7.46. The van der Waals surface area contributed by atoms with Crippen LogP contribution in [-0.4, -0.2) is 37.8 Å². The van der Waals surface area contributed by atoms with Crippen LogP contribution in [0.4, 0.5) is 5.13 Å². The molecule has 2 aromatic rings. The molecule has 0 aliphatic carbocycles. The summed E-state index contributed by atoms with van der Waals surface area (Å²) in [6.45, 7) is 0.289. The molecule has 0 saturated heterocycles. The molecule has 2 rings (SSSR count). The number of halogens is 1. The van der Waals surface area contributed by atoms with Gasteiger partial charge in [0.15, 0.2) is 5.13 Å². The zero-order valence-electron chi connectivity index (χ0n) is 12.8. The highest BCUT2D eigenvalue weighted by atomic mass is 35.5. The second-order valence-electron chi connectivity index (χ2n) is 4.73. The molecule has 8 heteroatoms. The Labute approximate surface area is 143 Å². The van der Waals surface area contributed by atoms with Gasteiger partial charge in [-0.15, -0.1) is 11.3 Å². The van der Waals surface area contributed by atoms with Crippen molar-refractivity contribution in [3.8, 4) is 17.0 Å². The fourth-order valence-electron chi connectivity index (χ4n) is 1.93. The summed E-state index contributed by atoms with van der Waals surface area (Å²) in [7, 11) is 3.09. The standard InChI is InChI=1S/C15H18ClN3O3S/c1-21-10(7-17)6-14(20)19-15-18-12(8-23-15)9-3-4-13(22-2)11(16)5-9/h3-5,8,10H,6-7,17H2,1-2H3,(H,18,19,20). The van der Waals surface area contributed by atoms with Crippen LogP contribution in [0.5, 0.6) is 5.75 Å². The molecule has 124 valence electrons. The zero-order valence-corrected chi connectivity index (χ0v) is 14.4. The van der Waals surface area contributed by atoms with Crippen molar-refractivity contribution in [2.24, 2.45) is 5.73 Å². The second-order valence-corrected chi connectivity index (χ2v) is 6.00. The molecule has 0 saturated carbocycles. The number of nitrogens with zero attached hydrogens (tertiary/aromatic N) is 1. The van der Waals surface area contributed by atoms with Crippen LogP contribution in [0.3, 0.4) is 0 Å². The van der Waals surface area contributed by atoms with Gasteiger partial charge in [-0.05, 0) is 18.2 Å². The molecule has 0 spiro atoms. The van der Waals surface area contributed by atoms with Gasteiger partial charge in [-0.1, -0.05) is 11.6 Å². The Kier molecular flexibility index (Phi) is 6.35. The molecule has 0 aliphatic heterocycles. The van der Waals surface area contributed by atoms with E-state index in [9.17, 15) is 4.79 Å². The Morgan fingerprint density at radius 3 is 2.87 bits per heavy atom. The molecule has 1 heterocycles. The van der Waals surface area contributed by atoms with Crippen molar-refractivity contribution in [3.05, 3.63) is 28.6 Å². The molecule has 1 amide bonds. The number of thiazole rings is 1. The number of anilines is 1. The molecule has 0 bridgehead atoms. The maximum atomic E-state index is 11.9. The molecule has 0 fully saturated rings. The van der Waals surface area contributed by atoms with E-state index in [-0.39, 0.29) is 25.0 Å². The Morgan fingerprint density at radius 2 is 2.26 bits per heavy atom. The van der Waals surface area contributed by atoms with E-state index in [1.165, 1.54) is 18.4 Å². The minimum Gasteiger partial charge on any atom is -0.495 e. The first-order valence-electron chi connectivity index (χ1n) is 6.89. The van der Waals surface area contributed by atoms with Crippen molar-refractivity contribution in [1.82, 2.24) is 4.98 Å². The summed E-state index contributed by atoms with van der Waals surface area (Å²) in [5, 5.41) is 5.62. The smallest absolute Gasteiger partial charge is 0.228 e. The maximum absolute atomic E-state index is 11.9. The molecular weight excluding hydrogens is 338 g/mol. The van der Waals surface area contributed by atoms with E-state index in [1.54, 1.807) is 19.2 Å². The number of carbonyl (C=O) groups excluding carboxylic acids is 1. The number of amides is 1. The van der Waals surface area contributed by atoms with Crippen LogP contribution in [0.2, 0.25) is 5.02 Å². The van der Waals surface area contributed by atoms with Crippen LogP contribution < -0.4 is 15.8 Å². The van der Waals surface area contributed by atoms with E-state index in [1.807, 2.05) is 11.4 Å². The fraction of sp³-hybridized carbons (Fsp3) is 0.333. The third-order valence-electron chi connectivity index (χ3n) is 3.21. The van der Waals surface area contributed by atoms with E-state index in [4.69, 9.17) is 26.8 Å². The molecule has 1 unspecified atom stereocenters. The number of methoxy groups -OCH3 is 2. The van der Waals surface area contributed by atoms with E-state index in [0.717, 1.165) is 11.3 Å². The number of ether oxygens (including phenoxy) is 2. The average Bonchev–Trinajstić information content (AvgIpc) is 3.00. The quantitative estimate of drug-likeness (QED) is 0.797. The lowest BCUT2D eigenvalue weighted by atomic mass is 10.2. The summed E-state index contributed by atoms with van der Waals surface area (Å²) in [5.41, 5.74) is 7.09. The SMILES string of the molecule is COc1ccc(-c2csc(NC(=O)CC(CN)OC)n2)cc1Cl. The van der Waals surface area contributed by atoms with Crippen LogP contribution in [0.15, 0.2) is 23.6 Å². The average molecular weight is 356 g/mol. The number of rotatable bonds is 7. The van der Waals surface area contributed by atoms with Gasteiger partial charge in [0.2, 0.25) is 5.91 Å². The lowest BCUT2D eigenvalue weighted by Crippen LogP contribution is -2.28. The third kappa shape index (κ3) is 4.65. The van der Waals surface area contributed by atoms with Crippen molar-refractivity contribution in [1.29, 1.82) is 0 Å². The van der Waals surface area contributed by atoms with Gasteiger partial charge in [-0.2, -0.15) is 0 Å². The number of hydrogen-bond donors (Lipinski definition) is 2. The second kappa shape index (κ2) is 8.26. The number of aromatic nitrogens is 1. The Bertz CT molecular complexity index is 674. The molecule has 1 aromatic heterocycles. The number of hydrogen-bond acceptors (Lipinski definition) is 6. The van der Waals surface area contributed by atoms with Crippen molar-refractivity contribution in [2.45, 2.75) is 12.5 Å². The van der Waals surface area contributed by atoms with Crippen LogP contribution in [0, 0.1) is 0 Å². The van der Waals surface area contributed by atoms with Crippen LogP contribution in [0.1, 0.15) is 6.42 Å². The minimum atomic E-state index is -0.296. The normalized spacial score (nSPS) is 12.0. The highest BCUT2D eigenvalue weighted by Gasteiger charge is 2.14. The van der Waals surface area contributed by atoms with Crippen molar-refractivity contribution < 1.29 is 14.3 Å². The molecule has 1 atom stereocenters. The van der Waals surface area contributed by atoms with Crippen LogP contribution in [-0.2, 0) is 9.53 Å². The fourth-order valence-corrected chi connectivity index (χ4v) is 2.92. The first kappa shape index (κ1) is 17.7. The van der Waals surface area contributed by atoms with Crippen LogP contribution in [0.25, 0.3) is 11.3 Å². The summed E-state index contributed by atoms with van der Waals surface area (Å²) in [6, 6.07) is 5.41. The molecule has 1 aromatic carbocycles. The summed E-state index contributed by atoms with van der Waals surface area (Å²) in [6.07, 6.45) is -0.106. The van der Waals surface area contributed by atoms with Gasteiger partial charge in [0.1, 0.15) is 5.75 Å². The highest BCUT2D eigenvalue weighted by molar-refractivity contribution is 7.14. The van der Waals surface area contributed by atoms with E-state index >= 15 is 0 Å². The molecule has 3 N–H and O–H groups in total. The van der Waals surface area contributed by atoms with Crippen molar-refractivity contribution in [3.63, 3.8) is 0 Å². The first-order chi connectivity index (χ1) is 11.1. The topological polar surface area (TPSA) is 86.5 Å². The first-order valence-corrected chi connectivity index (χ1v) is 8.15. The molecular formula is C15H18ClN3O3S. The number of nitrogens with one attached hydrogen (secondary N) is 1. The van der Waals surface area contributed by atoms with E-state index < -0.39 is 0 Å². The van der Waals surface area contributed by atoms with Gasteiger partial charge < -0.3 is 20.5 Å². The monoisotopic (exact) mass is 355 g/mol. The van der Waals surface area contributed by atoms with Gasteiger partial charge in [-0.3, -0.25) is 4.79 Å². The summed E-state index contributed by atoms with van der Waals surface area (Å²) < 4.78 is 10.2. The predicted molar refractivity (Wildman–Crippen MR) is 92.2 cm³/mol. The van der Waals surface area contributed by atoms with Gasteiger partial charge >= 0.3 is 0 Å². The van der Waals surface area contributed by atoms with Crippen molar-refractivity contribution in [2.75, 3.05) is 26.1 Å². The molecule has 0 aliphatic rings. The van der Waals surface area contributed by atoms with Gasteiger partial charge in [0.25, 0.3) is 0 Å². The number of nitrogens with two attached hydrogens (primary N) is 1. The van der Waals surface area contributed by atoms with Gasteiger partial charge in [0.05, 0.1) is 30.4 Å². The van der Waals surface area contributed by atoms with Crippen LogP contribution >= 0.6 is 22.9 Å². The third-order valence-corrected chi connectivity index (χ3v) is 4.26. The Morgan fingerprint density at radius 1 is 1.48 bits per heavy atom. The van der Waals surface area contributed by atoms with E-state index in [2.05, 4.69) is 10.3 Å². The Balaban J connectivity index is 2.06. The maximum Gasteiger partial charge on any atom is 0.228 e. The van der Waals surface area contributed by atoms with Gasteiger partial charge in [0, 0.05) is 24.6 Å². The van der Waals surface area contributed by atoms with Crippen molar-refractivity contribution >= 4 is 34.0 Å². The molecule has 6 nitrogen and oxygen atoms in total. The highest BCUT2D eigenvalue weighted by Crippen LogP contribution is 2.31. The number of benzene rings is 1. The summed E-state index contributed by atoms with van der Waals surface area (Å²) in [5.74, 6) is 0.419. The summed E-state index contributed by atoms with van der Waals surface area (Å²) in [4.78, 5) is 16.3. The largest absolute Gasteiger partial charge is 0.495 e. The minimum absolute atomic E-state index is 0.184. The zero-order chi connectivity index (χ0) is 16.8. The molecule has 0 radical (unpaired) electrons. The lowest BCUT2D eigenvalue weighted by Gasteiger charge is -2.11. The van der Waals surface area contributed by atoms with Gasteiger partial charge in [-0.25, -0.2) is 4.98 Å².